The summed E-state index contributed by atoms with van der Waals surface area (Å²) in [5.41, 5.74) is 2.97. The summed E-state index contributed by atoms with van der Waals surface area (Å²) in [6.07, 6.45) is 3.26. The van der Waals surface area contributed by atoms with Crippen LogP contribution in [0.4, 0.5) is 0 Å². The number of rotatable bonds is 6. The topological polar surface area (TPSA) is 21.3 Å². The van der Waals surface area contributed by atoms with E-state index in [1.807, 2.05) is 0 Å². The zero-order valence-corrected chi connectivity index (χ0v) is 14.6. The molecule has 0 spiro atoms. The summed E-state index contributed by atoms with van der Waals surface area (Å²) in [6, 6.07) is 4.96. The van der Waals surface area contributed by atoms with Gasteiger partial charge in [-0.05, 0) is 41.5 Å². The Morgan fingerprint density at radius 1 is 1.40 bits per heavy atom. The molecule has 1 aromatic rings. The van der Waals surface area contributed by atoms with Gasteiger partial charge in [-0.15, -0.1) is 0 Å². The molecule has 1 heterocycles. The predicted molar refractivity (Wildman–Crippen MR) is 88.6 cm³/mol. The number of halogens is 1. The fourth-order valence-corrected chi connectivity index (χ4v) is 3.25. The first-order chi connectivity index (χ1) is 9.43. The van der Waals surface area contributed by atoms with Gasteiger partial charge in [0.15, 0.2) is 0 Å². The van der Waals surface area contributed by atoms with E-state index in [4.69, 9.17) is 4.74 Å². The Morgan fingerprint density at radius 2 is 2.15 bits per heavy atom. The molecule has 1 aliphatic rings. The van der Waals surface area contributed by atoms with Gasteiger partial charge in [0.05, 0.1) is 6.61 Å². The molecular formula is C17H26BrNO. The quantitative estimate of drug-likeness (QED) is 0.832. The van der Waals surface area contributed by atoms with Crippen molar-refractivity contribution in [2.24, 2.45) is 5.41 Å². The van der Waals surface area contributed by atoms with E-state index < -0.39 is 0 Å². The summed E-state index contributed by atoms with van der Waals surface area (Å²) in [4.78, 5) is 0. The maximum absolute atomic E-state index is 5.86. The SMILES string of the molecule is CCC(C)(CNC(C)C)Cc1cc(Br)cc2c1OCC2. The Hall–Kier alpha value is -0.540. The Bertz CT molecular complexity index is 472. The van der Waals surface area contributed by atoms with Crippen LogP contribution in [0.2, 0.25) is 0 Å². The van der Waals surface area contributed by atoms with Crippen molar-refractivity contribution in [3.05, 3.63) is 27.7 Å². The molecule has 20 heavy (non-hydrogen) atoms. The molecule has 0 saturated carbocycles. The lowest BCUT2D eigenvalue weighted by Gasteiger charge is -2.30. The van der Waals surface area contributed by atoms with Gasteiger partial charge in [0.1, 0.15) is 5.75 Å². The number of fused-ring (bicyclic) bond motifs is 1. The van der Waals surface area contributed by atoms with Crippen molar-refractivity contribution < 1.29 is 4.74 Å². The molecular weight excluding hydrogens is 314 g/mol. The molecule has 1 atom stereocenters. The molecule has 0 amide bonds. The van der Waals surface area contributed by atoms with E-state index in [0.717, 1.165) is 38.2 Å². The van der Waals surface area contributed by atoms with Crippen LogP contribution in [0.5, 0.6) is 5.75 Å². The largest absolute Gasteiger partial charge is 0.493 e. The van der Waals surface area contributed by atoms with Gasteiger partial charge in [0.2, 0.25) is 0 Å². The number of benzene rings is 1. The van der Waals surface area contributed by atoms with Crippen molar-refractivity contribution in [2.45, 2.75) is 53.0 Å². The average Bonchev–Trinajstić information content (AvgIpc) is 2.84. The Labute approximate surface area is 131 Å². The van der Waals surface area contributed by atoms with Crippen LogP contribution < -0.4 is 10.1 Å². The zero-order valence-electron chi connectivity index (χ0n) is 13.1. The van der Waals surface area contributed by atoms with Crippen molar-refractivity contribution in [1.82, 2.24) is 5.32 Å². The van der Waals surface area contributed by atoms with Crippen LogP contribution in [0.25, 0.3) is 0 Å². The summed E-state index contributed by atoms with van der Waals surface area (Å²) in [5.74, 6) is 1.14. The second-order valence-corrected chi connectivity index (χ2v) is 7.44. The minimum absolute atomic E-state index is 0.269. The molecule has 112 valence electrons. The molecule has 1 aromatic carbocycles. The standard InChI is InChI=1S/C17H26BrNO/c1-5-17(4,11-19-12(2)3)10-14-9-15(18)8-13-6-7-20-16(13)14/h8-9,12,19H,5-7,10-11H2,1-4H3. The molecule has 0 saturated heterocycles. The van der Waals surface area contributed by atoms with E-state index >= 15 is 0 Å². The monoisotopic (exact) mass is 339 g/mol. The first-order valence-electron chi connectivity index (χ1n) is 7.61. The van der Waals surface area contributed by atoms with E-state index in [1.54, 1.807) is 0 Å². The van der Waals surface area contributed by atoms with Gasteiger partial charge in [-0.2, -0.15) is 0 Å². The molecule has 0 fully saturated rings. The molecule has 0 bridgehead atoms. The van der Waals surface area contributed by atoms with Gasteiger partial charge in [-0.25, -0.2) is 0 Å². The molecule has 1 unspecified atom stereocenters. The van der Waals surface area contributed by atoms with Crippen LogP contribution in [-0.2, 0) is 12.8 Å². The fourth-order valence-electron chi connectivity index (χ4n) is 2.70. The van der Waals surface area contributed by atoms with Gasteiger partial charge >= 0.3 is 0 Å². The van der Waals surface area contributed by atoms with Crippen LogP contribution in [0.15, 0.2) is 16.6 Å². The number of hydrogen-bond donors (Lipinski definition) is 1. The average molecular weight is 340 g/mol. The number of nitrogens with one attached hydrogen (secondary N) is 1. The molecule has 0 aliphatic carbocycles. The van der Waals surface area contributed by atoms with Gasteiger partial charge in [0.25, 0.3) is 0 Å². The third-order valence-corrected chi connectivity index (χ3v) is 4.69. The lowest BCUT2D eigenvalue weighted by Crippen LogP contribution is -2.36. The summed E-state index contributed by atoms with van der Waals surface area (Å²) in [5, 5.41) is 3.59. The predicted octanol–water partition coefficient (Wildman–Crippen LogP) is 4.34. The molecule has 3 heteroatoms. The maximum Gasteiger partial charge on any atom is 0.125 e. The van der Waals surface area contributed by atoms with E-state index in [1.165, 1.54) is 15.6 Å². The highest BCUT2D eigenvalue weighted by molar-refractivity contribution is 9.10. The smallest absolute Gasteiger partial charge is 0.125 e. The maximum atomic E-state index is 5.86. The zero-order chi connectivity index (χ0) is 14.8. The normalized spacial score (nSPS) is 16.9. The van der Waals surface area contributed by atoms with E-state index in [-0.39, 0.29) is 5.41 Å². The highest BCUT2D eigenvalue weighted by Crippen LogP contribution is 2.37. The molecule has 1 aliphatic heterocycles. The van der Waals surface area contributed by atoms with Crippen LogP contribution in [0.1, 0.15) is 45.2 Å². The minimum Gasteiger partial charge on any atom is -0.493 e. The summed E-state index contributed by atoms with van der Waals surface area (Å²) in [7, 11) is 0. The molecule has 1 N–H and O–H groups in total. The van der Waals surface area contributed by atoms with Crippen molar-refractivity contribution in [2.75, 3.05) is 13.2 Å². The lowest BCUT2D eigenvalue weighted by molar-refractivity contribution is 0.275. The lowest BCUT2D eigenvalue weighted by atomic mass is 9.80. The van der Waals surface area contributed by atoms with Crippen LogP contribution in [0, 0.1) is 5.41 Å². The van der Waals surface area contributed by atoms with Crippen LogP contribution in [-0.4, -0.2) is 19.2 Å². The molecule has 0 aromatic heterocycles. The van der Waals surface area contributed by atoms with Crippen molar-refractivity contribution >= 4 is 15.9 Å². The van der Waals surface area contributed by atoms with Gasteiger partial charge in [-0.3, -0.25) is 0 Å². The first-order valence-corrected chi connectivity index (χ1v) is 8.40. The van der Waals surface area contributed by atoms with Crippen molar-refractivity contribution in [1.29, 1.82) is 0 Å². The third-order valence-electron chi connectivity index (χ3n) is 4.23. The van der Waals surface area contributed by atoms with Gasteiger partial charge < -0.3 is 10.1 Å². The van der Waals surface area contributed by atoms with Crippen molar-refractivity contribution in [3.8, 4) is 5.75 Å². The second kappa shape index (κ2) is 6.48. The Kier molecular flexibility index (Phi) is 5.14. The van der Waals surface area contributed by atoms with Crippen molar-refractivity contribution in [3.63, 3.8) is 0 Å². The van der Waals surface area contributed by atoms with Gasteiger partial charge in [-0.1, -0.05) is 43.6 Å². The molecule has 2 rings (SSSR count). The highest BCUT2D eigenvalue weighted by Gasteiger charge is 2.27. The van der Waals surface area contributed by atoms with E-state index in [2.05, 4.69) is 61.1 Å². The van der Waals surface area contributed by atoms with Crippen LogP contribution in [0.3, 0.4) is 0 Å². The summed E-state index contributed by atoms with van der Waals surface area (Å²) < 4.78 is 7.03. The highest BCUT2D eigenvalue weighted by atomic mass is 79.9. The Balaban J connectivity index is 2.19. The third kappa shape index (κ3) is 3.76. The molecule has 0 radical (unpaired) electrons. The second-order valence-electron chi connectivity index (χ2n) is 6.53. The van der Waals surface area contributed by atoms with E-state index in [0.29, 0.717) is 6.04 Å². The molecule has 2 nitrogen and oxygen atoms in total. The number of ether oxygens (including phenoxy) is 1. The number of hydrogen-bond acceptors (Lipinski definition) is 2. The summed E-state index contributed by atoms with van der Waals surface area (Å²) >= 11 is 3.64. The Morgan fingerprint density at radius 3 is 2.80 bits per heavy atom. The van der Waals surface area contributed by atoms with Gasteiger partial charge in [0, 0.05) is 23.5 Å². The van der Waals surface area contributed by atoms with Crippen LogP contribution >= 0.6 is 15.9 Å². The summed E-state index contributed by atoms with van der Waals surface area (Å²) in [6.45, 7) is 10.9. The minimum atomic E-state index is 0.269. The first kappa shape index (κ1) is 15.8. The van der Waals surface area contributed by atoms with E-state index in [9.17, 15) is 0 Å². The fraction of sp³-hybridized carbons (Fsp3) is 0.647.